The highest BCUT2D eigenvalue weighted by Crippen LogP contribution is 2.42. The molecule has 4 N–H and O–H groups in total. The summed E-state index contributed by atoms with van der Waals surface area (Å²) in [5, 5.41) is 13.8. The minimum atomic E-state index is -4.48. The summed E-state index contributed by atoms with van der Waals surface area (Å²) >= 11 is 0. The summed E-state index contributed by atoms with van der Waals surface area (Å²) in [6, 6.07) is 16.3. The van der Waals surface area contributed by atoms with Crippen LogP contribution in [0.5, 0.6) is 0 Å². The molecular weight excluding hydrogens is 439 g/mol. The monoisotopic (exact) mass is 464 g/mol. The number of carboxylic acid groups (broad SMARTS) is 1. The zero-order chi connectivity index (χ0) is 23.6. The number of benzene rings is 2. The normalized spacial score (nSPS) is 14.4. The lowest BCUT2D eigenvalue weighted by Gasteiger charge is -2.20. The predicted octanol–water partition coefficient (Wildman–Crippen LogP) is 2.27. The Bertz CT molecular complexity index is 955. The zero-order valence-corrected chi connectivity index (χ0v) is 18.2. The molecular formula is C21H25N2O8P. The van der Waals surface area contributed by atoms with Crippen molar-refractivity contribution in [3.63, 3.8) is 0 Å². The van der Waals surface area contributed by atoms with Gasteiger partial charge in [-0.05, 0) is 18.1 Å². The van der Waals surface area contributed by atoms with Crippen LogP contribution in [0.3, 0.4) is 0 Å². The van der Waals surface area contributed by atoms with Gasteiger partial charge in [-0.15, -0.1) is 0 Å². The van der Waals surface area contributed by atoms with Gasteiger partial charge in [-0.2, -0.15) is 0 Å². The first-order valence-corrected chi connectivity index (χ1v) is 11.4. The van der Waals surface area contributed by atoms with Crippen molar-refractivity contribution < 1.29 is 38.2 Å². The molecule has 2 rings (SSSR count). The molecule has 0 saturated heterocycles. The van der Waals surface area contributed by atoms with E-state index in [1.54, 1.807) is 54.6 Å². The molecule has 0 aliphatic heterocycles. The summed E-state index contributed by atoms with van der Waals surface area (Å²) < 4.78 is 22.2. The van der Waals surface area contributed by atoms with E-state index in [0.29, 0.717) is 5.56 Å². The standard InChI is InChI=1S/C21H25N2O8P/c1-15(23-21(27)30-13-17-10-6-3-7-11-17)19(24)22-14-32(28,29)31-18(20(25)26)12-16-8-4-2-5-9-16/h2-11,15,18H,12-14H2,1H3,(H,22,24)(H,23,27)(H,25,26)(H,28,29)/t15-,18-/m1/s1. The number of ether oxygens (including phenoxy) is 1. The number of carbonyl (C=O) groups excluding carboxylic acids is 2. The van der Waals surface area contributed by atoms with Crippen molar-refractivity contribution in [3.05, 3.63) is 71.8 Å². The Kier molecular flexibility index (Phi) is 9.39. The lowest BCUT2D eigenvalue weighted by atomic mass is 10.1. The number of rotatable bonds is 11. The first-order valence-electron chi connectivity index (χ1n) is 9.68. The first kappa shape index (κ1) is 25.1. The van der Waals surface area contributed by atoms with Gasteiger partial charge in [0.25, 0.3) is 0 Å². The second-order valence-electron chi connectivity index (χ2n) is 6.89. The maximum absolute atomic E-state index is 12.3. The van der Waals surface area contributed by atoms with E-state index < -0.39 is 44.0 Å². The van der Waals surface area contributed by atoms with Crippen LogP contribution < -0.4 is 10.6 Å². The van der Waals surface area contributed by atoms with Crippen molar-refractivity contribution in [2.75, 3.05) is 6.29 Å². The topological polar surface area (TPSA) is 151 Å². The summed E-state index contributed by atoms with van der Waals surface area (Å²) in [6.07, 6.45) is -3.36. The van der Waals surface area contributed by atoms with Crippen molar-refractivity contribution in [3.8, 4) is 0 Å². The van der Waals surface area contributed by atoms with Crippen molar-refractivity contribution in [1.82, 2.24) is 10.6 Å². The van der Waals surface area contributed by atoms with Gasteiger partial charge >= 0.3 is 19.7 Å². The van der Waals surface area contributed by atoms with Crippen molar-refractivity contribution in [2.24, 2.45) is 0 Å². The summed E-state index contributed by atoms with van der Waals surface area (Å²) in [5.74, 6) is -2.18. The van der Waals surface area contributed by atoms with Gasteiger partial charge in [-0.25, -0.2) is 9.59 Å². The molecule has 2 aromatic rings. The number of hydrogen-bond donors (Lipinski definition) is 4. The average molecular weight is 464 g/mol. The van der Waals surface area contributed by atoms with E-state index in [9.17, 15) is 28.9 Å². The number of nitrogens with one attached hydrogen (secondary N) is 2. The molecule has 10 nitrogen and oxygen atoms in total. The number of alkyl carbamates (subject to hydrolysis) is 1. The third-order valence-corrected chi connectivity index (χ3v) is 5.37. The number of carbonyl (C=O) groups is 3. The number of amides is 2. The average Bonchev–Trinajstić information content (AvgIpc) is 2.77. The molecule has 0 spiro atoms. The third kappa shape index (κ3) is 8.89. The van der Waals surface area contributed by atoms with E-state index in [1.807, 2.05) is 6.07 Å². The highest BCUT2D eigenvalue weighted by atomic mass is 31.2. The van der Waals surface area contributed by atoms with Crippen molar-refractivity contribution in [1.29, 1.82) is 0 Å². The minimum absolute atomic E-state index is 0.0126. The molecule has 0 fully saturated rings. The van der Waals surface area contributed by atoms with Gasteiger partial charge in [0, 0.05) is 6.42 Å². The molecule has 0 heterocycles. The number of carboxylic acids is 1. The van der Waals surface area contributed by atoms with Crippen molar-refractivity contribution in [2.45, 2.75) is 32.1 Å². The summed E-state index contributed by atoms with van der Waals surface area (Å²) in [6.45, 7) is 1.37. The Morgan fingerprint density at radius 1 is 1.00 bits per heavy atom. The first-order chi connectivity index (χ1) is 15.2. The van der Waals surface area contributed by atoms with Gasteiger partial charge in [0.05, 0.1) is 0 Å². The van der Waals surface area contributed by atoms with E-state index in [4.69, 9.17) is 9.26 Å². The molecule has 0 saturated carbocycles. The summed E-state index contributed by atoms with van der Waals surface area (Å²) in [5.41, 5.74) is 1.37. The molecule has 32 heavy (non-hydrogen) atoms. The van der Waals surface area contributed by atoms with E-state index in [0.717, 1.165) is 5.56 Å². The fourth-order valence-electron chi connectivity index (χ4n) is 2.57. The number of hydrogen-bond acceptors (Lipinski definition) is 6. The molecule has 0 aliphatic carbocycles. The van der Waals surface area contributed by atoms with E-state index in [-0.39, 0.29) is 13.0 Å². The smallest absolute Gasteiger partial charge is 0.408 e. The van der Waals surface area contributed by atoms with E-state index >= 15 is 0 Å². The van der Waals surface area contributed by atoms with Crippen LogP contribution in [0.4, 0.5) is 4.79 Å². The molecule has 11 heteroatoms. The molecule has 172 valence electrons. The Morgan fingerprint density at radius 3 is 2.12 bits per heavy atom. The van der Waals surface area contributed by atoms with Crippen LogP contribution in [0.2, 0.25) is 0 Å². The predicted molar refractivity (Wildman–Crippen MR) is 115 cm³/mol. The SMILES string of the molecule is C[C@@H](NC(=O)OCc1ccccc1)C(=O)NCP(=O)(O)O[C@H](Cc1ccccc1)C(=O)O. The molecule has 0 radical (unpaired) electrons. The fraction of sp³-hybridized carbons (Fsp3) is 0.286. The summed E-state index contributed by atoms with van der Waals surface area (Å²) in [7, 11) is -4.48. The second kappa shape index (κ2) is 12.0. The third-order valence-electron chi connectivity index (χ3n) is 4.22. The van der Waals surface area contributed by atoms with Gasteiger partial charge < -0.3 is 25.4 Å². The Hall–Kier alpha value is -3.20. The van der Waals surface area contributed by atoms with Crippen LogP contribution in [0, 0.1) is 0 Å². The molecule has 0 bridgehead atoms. The Balaban J connectivity index is 1.80. The van der Waals surface area contributed by atoms with Crippen LogP contribution in [0.1, 0.15) is 18.1 Å². The van der Waals surface area contributed by atoms with E-state index in [2.05, 4.69) is 10.6 Å². The molecule has 2 aromatic carbocycles. The van der Waals surface area contributed by atoms with Crippen LogP contribution >= 0.6 is 7.60 Å². The van der Waals surface area contributed by atoms with E-state index in [1.165, 1.54) is 6.92 Å². The maximum atomic E-state index is 12.3. The quantitative estimate of drug-likeness (QED) is 0.370. The van der Waals surface area contributed by atoms with Crippen LogP contribution in [0.25, 0.3) is 0 Å². The lowest BCUT2D eigenvalue weighted by Crippen LogP contribution is -2.45. The zero-order valence-electron chi connectivity index (χ0n) is 17.3. The van der Waals surface area contributed by atoms with Crippen LogP contribution in [0.15, 0.2) is 60.7 Å². The minimum Gasteiger partial charge on any atom is -0.479 e. The molecule has 2 amide bonds. The molecule has 3 atom stereocenters. The van der Waals surface area contributed by atoms with Gasteiger partial charge in [0.1, 0.15) is 18.9 Å². The maximum Gasteiger partial charge on any atom is 0.408 e. The van der Waals surface area contributed by atoms with Crippen LogP contribution in [-0.4, -0.2) is 46.4 Å². The van der Waals surface area contributed by atoms with Crippen LogP contribution in [-0.2, 0) is 36.4 Å². The largest absolute Gasteiger partial charge is 0.479 e. The molecule has 1 unspecified atom stereocenters. The molecule has 0 aliphatic rings. The highest BCUT2D eigenvalue weighted by Gasteiger charge is 2.31. The van der Waals surface area contributed by atoms with Gasteiger partial charge in [-0.1, -0.05) is 60.7 Å². The van der Waals surface area contributed by atoms with Crippen molar-refractivity contribution >= 4 is 25.6 Å². The second-order valence-corrected chi connectivity index (χ2v) is 8.69. The van der Waals surface area contributed by atoms with Gasteiger partial charge in [0.2, 0.25) is 5.91 Å². The van der Waals surface area contributed by atoms with Gasteiger partial charge in [-0.3, -0.25) is 13.9 Å². The highest BCUT2D eigenvalue weighted by molar-refractivity contribution is 7.52. The fourth-order valence-corrected chi connectivity index (χ4v) is 3.56. The Morgan fingerprint density at radius 2 is 1.56 bits per heavy atom. The summed E-state index contributed by atoms with van der Waals surface area (Å²) in [4.78, 5) is 45.3. The molecule has 0 aromatic heterocycles. The Labute approximate surface area is 185 Å². The van der Waals surface area contributed by atoms with Gasteiger partial charge in [0.15, 0.2) is 6.10 Å². The number of aliphatic carboxylic acids is 1. The lowest BCUT2D eigenvalue weighted by molar-refractivity contribution is -0.145.